The number of hydrogen-bond donors (Lipinski definition) is 4. The Morgan fingerprint density at radius 1 is 1.23 bits per heavy atom. The van der Waals surface area contributed by atoms with Crippen molar-refractivity contribution in [1.82, 2.24) is 0 Å². The zero-order chi connectivity index (χ0) is 10.7. The van der Waals surface area contributed by atoms with E-state index in [1.54, 1.807) is 0 Å². The molecular formula is H5NO9P2S. The summed E-state index contributed by atoms with van der Waals surface area (Å²) >= 11 is 0. The van der Waals surface area contributed by atoms with E-state index in [1.165, 1.54) is 0 Å². The van der Waals surface area contributed by atoms with Gasteiger partial charge in [-0.25, -0.2) is 23.4 Å². The van der Waals surface area contributed by atoms with E-state index < -0.39 is 26.6 Å². The molecule has 0 aliphatic rings. The fraction of sp³-hybridized carbons (Fsp3) is 0. The van der Waals surface area contributed by atoms with E-state index in [1.807, 2.05) is 0 Å². The van der Waals surface area contributed by atoms with Gasteiger partial charge in [-0.2, -0.15) is 12.9 Å². The van der Waals surface area contributed by atoms with Crippen LogP contribution in [0.4, 0.5) is 0 Å². The maximum absolute atomic E-state index is 10.7. The molecular weight excluding hydrogens is 252 g/mol. The third kappa shape index (κ3) is 6.27. The second kappa shape index (κ2) is 4.60. The van der Waals surface area contributed by atoms with Crippen LogP contribution in [0, 0.1) is 0 Å². The Morgan fingerprint density at radius 3 is 1.92 bits per heavy atom. The zero-order valence-corrected chi connectivity index (χ0v) is 8.35. The summed E-state index contributed by atoms with van der Waals surface area (Å²) in [6.45, 7) is 0. The highest BCUT2D eigenvalue weighted by molar-refractivity contribution is 7.76. The number of thiol groups is 1. The van der Waals surface area contributed by atoms with Gasteiger partial charge in [-0.05, 0) is 0 Å². The van der Waals surface area contributed by atoms with Crippen molar-refractivity contribution < 1.29 is 40.2 Å². The summed E-state index contributed by atoms with van der Waals surface area (Å²) in [4.78, 5) is 16.2. The molecule has 13 heavy (non-hydrogen) atoms. The van der Waals surface area contributed by atoms with Crippen molar-refractivity contribution in [2.24, 2.45) is 5.90 Å². The van der Waals surface area contributed by atoms with Crippen LogP contribution in [0.1, 0.15) is 0 Å². The quantitative estimate of drug-likeness (QED) is 0.262. The molecule has 0 amide bonds. The SMILES string of the molecule is NOP(=O)(O[SH](=O)=O)OP(=O)(O)O. The van der Waals surface area contributed by atoms with Crippen molar-refractivity contribution in [3.8, 4) is 0 Å². The molecule has 13 heteroatoms. The predicted octanol–water partition coefficient (Wildman–Crippen LogP) is -1.36. The summed E-state index contributed by atoms with van der Waals surface area (Å²) in [7, 11) is -13.9. The summed E-state index contributed by atoms with van der Waals surface area (Å²) in [5, 5.41) is 0. The summed E-state index contributed by atoms with van der Waals surface area (Å²) in [5.41, 5.74) is 0. The molecule has 0 radical (unpaired) electrons. The van der Waals surface area contributed by atoms with Crippen LogP contribution < -0.4 is 5.90 Å². The Hall–Kier alpha value is 0.170. The van der Waals surface area contributed by atoms with Gasteiger partial charge in [0.25, 0.3) is 11.0 Å². The lowest BCUT2D eigenvalue weighted by Gasteiger charge is -2.10. The monoisotopic (exact) mass is 257 g/mol. The second-order valence-corrected chi connectivity index (χ2v) is 5.27. The molecule has 0 aromatic heterocycles. The van der Waals surface area contributed by atoms with E-state index in [0.29, 0.717) is 0 Å². The van der Waals surface area contributed by atoms with Crippen molar-refractivity contribution >= 4 is 26.6 Å². The lowest BCUT2D eigenvalue weighted by molar-refractivity contribution is 0.189. The molecule has 0 aliphatic carbocycles. The second-order valence-electron chi connectivity index (χ2n) is 1.43. The molecule has 80 valence electrons. The minimum atomic E-state index is -5.22. The maximum atomic E-state index is 10.7. The Kier molecular flexibility index (Phi) is 4.66. The zero-order valence-electron chi connectivity index (χ0n) is 5.67. The summed E-state index contributed by atoms with van der Waals surface area (Å²) in [6.07, 6.45) is 0. The van der Waals surface area contributed by atoms with Gasteiger partial charge >= 0.3 is 15.6 Å². The van der Waals surface area contributed by atoms with Gasteiger partial charge in [0, 0.05) is 0 Å². The number of hydrogen-bond acceptors (Lipinski definition) is 8. The van der Waals surface area contributed by atoms with Gasteiger partial charge in [-0.1, -0.05) is 0 Å². The Balaban J connectivity index is 4.66. The molecule has 0 heterocycles. The van der Waals surface area contributed by atoms with Crippen molar-refractivity contribution in [1.29, 1.82) is 0 Å². The van der Waals surface area contributed by atoms with Crippen LogP contribution in [-0.2, 0) is 33.0 Å². The van der Waals surface area contributed by atoms with Crippen LogP contribution in [-0.4, -0.2) is 18.2 Å². The van der Waals surface area contributed by atoms with E-state index in [4.69, 9.17) is 9.79 Å². The lowest BCUT2D eigenvalue weighted by atomic mass is 13.6. The third-order valence-electron chi connectivity index (χ3n) is 0.502. The average molecular weight is 257 g/mol. The molecule has 4 N–H and O–H groups in total. The van der Waals surface area contributed by atoms with Crippen LogP contribution >= 0.6 is 15.6 Å². The molecule has 0 saturated carbocycles. The van der Waals surface area contributed by atoms with Gasteiger partial charge in [-0.15, -0.1) is 0 Å². The fourth-order valence-corrected chi connectivity index (χ4v) is 2.66. The van der Waals surface area contributed by atoms with E-state index in [9.17, 15) is 17.5 Å². The first kappa shape index (κ1) is 13.2. The molecule has 0 spiro atoms. The van der Waals surface area contributed by atoms with E-state index in [-0.39, 0.29) is 0 Å². The van der Waals surface area contributed by atoms with Gasteiger partial charge in [-0.3, -0.25) is 0 Å². The fourth-order valence-electron chi connectivity index (χ4n) is 0.265. The Morgan fingerprint density at radius 2 is 1.69 bits per heavy atom. The topological polar surface area (TPSA) is 162 Å². The molecule has 0 aromatic carbocycles. The molecule has 10 nitrogen and oxygen atoms in total. The first-order valence-electron chi connectivity index (χ1n) is 2.28. The molecule has 0 rings (SSSR count). The van der Waals surface area contributed by atoms with Gasteiger partial charge in [0.15, 0.2) is 0 Å². The number of phosphoric acid groups is 2. The van der Waals surface area contributed by atoms with Crippen LogP contribution in [0.3, 0.4) is 0 Å². The van der Waals surface area contributed by atoms with E-state index in [2.05, 4.69) is 18.8 Å². The van der Waals surface area contributed by atoms with Gasteiger partial charge in [0.2, 0.25) is 0 Å². The van der Waals surface area contributed by atoms with Crippen LogP contribution in [0.25, 0.3) is 0 Å². The largest absolute Gasteiger partial charge is 0.514 e. The van der Waals surface area contributed by atoms with Gasteiger partial charge in [0.1, 0.15) is 0 Å². The number of nitrogens with two attached hydrogens (primary N) is 1. The first-order valence-corrected chi connectivity index (χ1v) is 6.37. The van der Waals surface area contributed by atoms with Crippen LogP contribution in [0.15, 0.2) is 0 Å². The van der Waals surface area contributed by atoms with Crippen molar-refractivity contribution in [3.05, 3.63) is 0 Å². The highest BCUT2D eigenvalue weighted by atomic mass is 32.2. The van der Waals surface area contributed by atoms with E-state index >= 15 is 0 Å². The molecule has 1 atom stereocenters. The number of rotatable bonds is 5. The van der Waals surface area contributed by atoms with Gasteiger partial charge < -0.3 is 9.79 Å². The molecule has 0 aliphatic heterocycles. The summed E-state index contributed by atoms with van der Waals surface area (Å²) in [5.74, 6) is 4.24. The molecule has 0 saturated heterocycles. The standard InChI is InChI=1S/H5NO9P2S/c1-8-12(5,10-13(6)7)9-11(2,3)4/h13H,1H2,(H2,2,3,4). The summed E-state index contributed by atoms with van der Waals surface area (Å²) in [6, 6.07) is 0. The lowest BCUT2D eigenvalue weighted by Crippen LogP contribution is -2.02. The average Bonchev–Trinajstić information content (AvgIpc) is 1.81. The minimum Gasteiger partial charge on any atom is -0.302 e. The van der Waals surface area contributed by atoms with Gasteiger partial charge in [0.05, 0.1) is 0 Å². The van der Waals surface area contributed by atoms with Crippen molar-refractivity contribution in [2.75, 3.05) is 0 Å². The molecule has 0 bridgehead atoms. The highest BCUT2D eigenvalue weighted by Gasteiger charge is 2.37. The highest BCUT2D eigenvalue weighted by Crippen LogP contribution is 2.60. The first-order chi connectivity index (χ1) is 5.68. The Labute approximate surface area is 73.6 Å². The third-order valence-corrected chi connectivity index (χ3v) is 3.74. The molecule has 0 aromatic rings. The maximum Gasteiger partial charge on any atom is 0.514 e. The van der Waals surface area contributed by atoms with Crippen LogP contribution in [0.5, 0.6) is 0 Å². The van der Waals surface area contributed by atoms with Crippen LogP contribution in [0.2, 0.25) is 0 Å². The molecule has 0 fully saturated rings. The van der Waals surface area contributed by atoms with Crippen molar-refractivity contribution in [2.45, 2.75) is 0 Å². The van der Waals surface area contributed by atoms with E-state index in [0.717, 1.165) is 0 Å². The minimum absolute atomic E-state index is 3.35. The summed E-state index contributed by atoms with van der Waals surface area (Å²) < 4.78 is 50.6. The Bertz CT molecular complexity index is 315. The van der Waals surface area contributed by atoms with Crippen molar-refractivity contribution in [3.63, 3.8) is 0 Å². The smallest absolute Gasteiger partial charge is 0.302 e. The predicted molar refractivity (Wildman–Crippen MR) is 37.4 cm³/mol. The molecule has 1 unspecified atom stereocenters. The normalized spacial score (nSPS) is 17.2.